The van der Waals surface area contributed by atoms with E-state index in [0.717, 1.165) is 24.2 Å². The molecule has 0 bridgehead atoms. The van der Waals surface area contributed by atoms with Crippen LogP contribution in [0, 0.1) is 5.82 Å². The number of ether oxygens (including phenoxy) is 3. The number of nitrogens with zero attached hydrogens (tertiary/aromatic N) is 4. The second-order valence-corrected chi connectivity index (χ2v) is 9.25. The Morgan fingerprint density at radius 1 is 1.08 bits per heavy atom. The SMILES string of the molecule is CCC(=O)N(CCN1CCOCC1)CC(=O)N1N=C(c2ccc(F)cc2)C[C@H]1c1ccc2c(c1)OCO2. The van der Waals surface area contributed by atoms with Crippen molar-refractivity contribution in [3.8, 4) is 11.5 Å². The van der Waals surface area contributed by atoms with Gasteiger partial charge in [0.1, 0.15) is 12.4 Å². The van der Waals surface area contributed by atoms with Crippen molar-refractivity contribution in [1.82, 2.24) is 14.8 Å². The quantitative estimate of drug-likeness (QED) is 0.543. The fourth-order valence-corrected chi connectivity index (χ4v) is 4.78. The van der Waals surface area contributed by atoms with E-state index < -0.39 is 0 Å². The van der Waals surface area contributed by atoms with Crippen LogP contribution in [0.25, 0.3) is 0 Å². The molecule has 2 aromatic rings. The molecule has 5 rings (SSSR count). The van der Waals surface area contributed by atoms with E-state index in [1.54, 1.807) is 24.0 Å². The molecular formula is C27H31FN4O5. The number of fused-ring (bicyclic) bond motifs is 1. The molecule has 2 amide bonds. The van der Waals surface area contributed by atoms with Crippen LogP contribution in [0.5, 0.6) is 11.5 Å². The first-order valence-electron chi connectivity index (χ1n) is 12.6. The van der Waals surface area contributed by atoms with Crippen LogP contribution in [0.15, 0.2) is 47.6 Å². The Balaban J connectivity index is 1.37. The average Bonchev–Trinajstić information content (AvgIpc) is 3.58. The fourth-order valence-electron chi connectivity index (χ4n) is 4.78. The fraction of sp³-hybridized carbons (Fsp3) is 0.444. The van der Waals surface area contributed by atoms with Crippen molar-refractivity contribution in [2.24, 2.45) is 5.10 Å². The number of hydrazone groups is 1. The molecule has 1 saturated heterocycles. The lowest BCUT2D eigenvalue weighted by Crippen LogP contribution is -2.46. The standard InChI is InChI=1S/C27H31FN4O5/c1-2-26(33)31(10-9-30-11-13-35-14-12-30)17-27(34)32-23(20-5-8-24-25(15-20)37-18-36-24)16-22(29-32)19-3-6-21(28)7-4-19/h3-8,15,23H,2,9-14,16-18H2,1H3/t23-/m0/s1. The highest BCUT2D eigenvalue weighted by atomic mass is 19.1. The van der Waals surface area contributed by atoms with Crippen molar-refractivity contribution >= 4 is 17.5 Å². The summed E-state index contributed by atoms with van der Waals surface area (Å²) in [6.45, 7) is 5.98. The Hall–Kier alpha value is -3.50. The summed E-state index contributed by atoms with van der Waals surface area (Å²) in [5.74, 6) is 0.582. The minimum absolute atomic E-state index is 0.0712. The van der Waals surface area contributed by atoms with Crippen molar-refractivity contribution in [2.75, 3.05) is 52.7 Å². The number of morpholine rings is 1. The van der Waals surface area contributed by atoms with E-state index in [2.05, 4.69) is 10.0 Å². The van der Waals surface area contributed by atoms with Crippen molar-refractivity contribution in [3.05, 3.63) is 59.4 Å². The van der Waals surface area contributed by atoms with E-state index in [0.29, 0.717) is 56.4 Å². The number of carbonyl (C=O) groups is 2. The van der Waals surface area contributed by atoms with Gasteiger partial charge in [-0.2, -0.15) is 5.10 Å². The van der Waals surface area contributed by atoms with Crippen LogP contribution < -0.4 is 9.47 Å². The second kappa shape index (κ2) is 11.3. The van der Waals surface area contributed by atoms with E-state index >= 15 is 0 Å². The second-order valence-electron chi connectivity index (χ2n) is 9.25. The zero-order valence-corrected chi connectivity index (χ0v) is 20.9. The summed E-state index contributed by atoms with van der Waals surface area (Å²) in [7, 11) is 0. The summed E-state index contributed by atoms with van der Waals surface area (Å²) in [5, 5.41) is 6.13. The van der Waals surface area contributed by atoms with Crippen LogP contribution in [0.2, 0.25) is 0 Å². The van der Waals surface area contributed by atoms with Crippen molar-refractivity contribution < 1.29 is 28.2 Å². The number of rotatable bonds is 8. The van der Waals surface area contributed by atoms with Crippen molar-refractivity contribution in [2.45, 2.75) is 25.8 Å². The van der Waals surface area contributed by atoms with Gasteiger partial charge in [0.05, 0.1) is 25.0 Å². The Bertz CT molecular complexity index is 1170. The van der Waals surface area contributed by atoms with Gasteiger partial charge in [0.15, 0.2) is 11.5 Å². The molecule has 0 aliphatic carbocycles. The lowest BCUT2D eigenvalue weighted by atomic mass is 9.98. The minimum atomic E-state index is -0.389. The third-order valence-electron chi connectivity index (χ3n) is 6.90. The normalized spacial score (nSPS) is 19.1. The van der Waals surface area contributed by atoms with Crippen LogP contribution in [-0.2, 0) is 14.3 Å². The molecule has 0 spiro atoms. The molecule has 1 atom stereocenters. The van der Waals surface area contributed by atoms with E-state index in [1.165, 1.54) is 17.1 Å². The third kappa shape index (κ3) is 5.75. The van der Waals surface area contributed by atoms with Crippen LogP contribution >= 0.6 is 0 Å². The molecule has 0 aromatic heterocycles. The molecule has 2 aromatic carbocycles. The Kier molecular flexibility index (Phi) is 7.66. The molecule has 10 heteroatoms. The largest absolute Gasteiger partial charge is 0.454 e. The maximum absolute atomic E-state index is 13.7. The summed E-state index contributed by atoms with van der Waals surface area (Å²) in [6.07, 6.45) is 0.762. The summed E-state index contributed by atoms with van der Waals surface area (Å²) in [5.41, 5.74) is 2.27. The molecule has 9 nitrogen and oxygen atoms in total. The van der Waals surface area contributed by atoms with Gasteiger partial charge in [0.2, 0.25) is 12.7 Å². The zero-order chi connectivity index (χ0) is 25.8. The van der Waals surface area contributed by atoms with Gasteiger partial charge in [-0.3, -0.25) is 14.5 Å². The lowest BCUT2D eigenvalue weighted by Gasteiger charge is -2.31. The van der Waals surface area contributed by atoms with Gasteiger partial charge in [-0.25, -0.2) is 9.40 Å². The Morgan fingerprint density at radius 3 is 2.59 bits per heavy atom. The first-order chi connectivity index (χ1) is 18.0. The highest BCUT2D eigenvalue weighted by Crippen LogP contribution is 2.39. The van der Waals surface area contributed by atoms with Gasteiger partial charge in [-0.15, -0.1) is 0 Å². The molecule has 0 saturated carbocycles. The summed E-state index contributed by atoms with van der Waals surface area (Å²) < 4.78 is 29.9. The highest BCUT2D eigenvalue weighted by Gasteiger charge is 2.35. The molecule has 0 N–H and O–H groups in total. The maximum atomic E-state index is 13.7. The van der Waals surface area contributed by atoms with Gasteiger partial charge in [-0.05, 0) is 35.4 Å². The summed E-state index contributed by atoms with van der Waals surface area (Å²) in [6, 6.07) is 11.3. The lowest BCUT2D eigenvalue weighted by molar-refractivity contribution is -0.141. The Morgan fingerprint density at radius 2 is 1.84 bits per heavy atom. The molecule has 3 heterocycles. The number of hydrogen-bond acceptors (Lipinski definition) is 7. The van der Waals surface area contributed by atoms with E-state index in [-0.39, 0.29) is 37.0 Å². The molecule has 3 aliphatic rings. The molecular weight excluding hydrogens is 479 g/mol. The molecule has 37 heavy (non-hydrogen) atoms. The van der Waals surface area contributed by atoms with Gasteiger partial charge in [0.25, 0.3) is 5.91 Å². The maximum Gasteiger partial charge on any atom is 0.262 e. The van der Waals surface area contributed by atoms with E-state index in [9.17, 15) is 14.0 Å². The van der Waals surface area contributed by atoms with Crippen LogP contribution in [0.1, 0.15) is 36.9 Å². The first kappa shape index (κ1) is 25.2. The van der Waals surface area contributed by atoms with Crippen molar-refractivity contribution in [3.63, 3.8) is 0 Å². The molecule has 1 fully saturated rings. The molecule has 0 radical (unpaired) electrons. The summed E-state index contributed by atoms with van der Waals surface area (Å²) >= 11 is 0. The Labute approximate surface area is 215 Å². The molecule has 0 unspecified atom stereocenters. The predicted molar refractivity (Wildman–Crippen MR) is 134 cm³/mol. The zero-order valence-electron chi connectivity index (χ0n) is 20.9. The monoisotopic (exact) mass is 510 g/mol. The predicted octanol–water partition coefficient (Wildman–Crippen LogP) is 2.80. The van der Waals surface area contributed by atoms with E-state index in [1.807, 2.05) is 18.2 Å². The van der Waals surface area contributed by atoms with Crippen LogP contribution in [0.3, 0.4) is 0 Å². The topological polar surface area (TPSA) is 83.9 Å². The number of amides is 2. The van der Waals surface area contributed by atoms with Gasteiger partial charge in [0, 0.05) is 39.0 Å². The van der Waals surface area contributed by atoms with E-state index in [4.69, 9.17) is 14.2 Å². The van der Waals surface area contributed by atoms with Gasteiger partial charge < -0.3 is 19.1 Å². The van der Waals surface area contributed by atoms with Gasteiger partial charge >= 0.3 is 0 Å². The first-order valence-corrected chi connectivity index (χ1v) is 12.6. The average molecular weight is 511 g/mol. The highest BCUT2D eigenvalue weighted by molar-refractivity contribution is 6.03. The minimum Gasteiger partial charge on any atom is -0.454 e. The summed E-state index contributed by atoms with van der Waals surface area (Å²) in [4.78, 5) is 30.2. The molecule has 3 aliphatic heterocycles. The third-order valence-corrected chi connectivity index (χ3v) is 6.90. The number of benzene rings is 2. The molecule has 196 valence electrons. The smallest absolute Gasteiger partial charge is 0.262 e. The number of halogens is 1. The number of hydrogen-bond donors (Lipinski definition) is 0. The van der Waals surface area contributed by atoms with Crippen LogP contribution in [0.4, 0.5) is 4.39 Å². The van der Waals surface area contributed by atoms with Crippen molar-refractivity contribution in [1.29, 1.82) is 0 Å². The number of carbonyl (C=O) groups excluding carboxylic acids is 2. The van der Waals surface area contributed by atoms with Gasteiger partial charge in [-0.1, -0.05) is 25.1 Å². The van der Waals surface area contributed by atoms with Crippen LogP contribution in [-0.4, -0.2) is 85.1 Å².